The van der Waals surface area contributed by atoms with Crippen LogP contribution in [0.3, 0.4) is 0 Å². The number of esters is 1. The number of rotatable bonds is 5. The molecule has 0 aromatic rings. The molecule has 0 fully saturated rings. The summed E-state index contributed by atoms with van der Waals surface area (Å²) in [6.07, 6.45) is -0.289. The molecule has 5 nitrogen and oxygen atoms in total. The number of hydrogen-bond acceptors (Lipinski definition) is 5. The Balaban J connectivity index is 3.89. The molecule has 0 saturated heterocycles. The van der Waals surface area contributed by atoms with E-state index in [1.807, 2.05) is 0 Å². The second kappa shape index (κ2) is 7.42. The van der Waals surface area contributed by atoms with Gasteiger partial charge in [0, 0.05) is 19.3 Å². The Morgan fingerprint density at radius 1 is 1.29 bits per heavy atom. The van der Waals surface area contributed by atoms with Crippen molar-refractivity contribution in [3.63, 3.8) is 0 Å². The molecule has 0 unspecified atom stereocenters. The number of nitrogens with zero attached hydrogens (tertiary/aromatic N) is 1. The number of ether oxygens (including phenoxy) is 2. The van der Waals surface area contributed by atoms with Gasteiger partial charge in [-0.2, -0.15) is 12.6 Å². The summed E-state index contributed by atoms with van der Waals surface area (Å²) in [4.78, 5) is 24.1. The molecule has 100 valence electrons. The molecule has 0 aliphatic carbocycles. The van der Waals surface area contributed by atoms with Gasteiger partial charge < -0.3 is 14.4 Å². The number of thiol groups is 1. The van der Waals surface area contributed by atoms with Crippen LogP contribution < -0.4 is 0 Å². The number of hydrogen-bond donors (Lipinski definition) is 1. The second-order valence-corrected chi connectivity index (χ2v) is 5.04. The van der Waals surface area contributed by atoms with E-state index in [9.17, 15) is 9.59 Å². The first-order valence-electron chi connectivity index (χ1n) is 5.47. The van der Waals surface area contributed by atoms with Crippen LogP contribution in [0.4, 0.5) is 4.79 Å². The van der Waals surface area contributed by atoms with Crippen LogP contribution in [0.1, 0.15) is 27.2 Å². The molecule has 0 aromatic heterocycles. The van der Waals surface area contributed by atoms with Gasteiger partial charge in [-0.1, -0.05) is 0 Å². The van der Waals surface area contributed by atoms with E-state index < -0.39 is 11.7 Å². The van der Waals surface area contributed by atoms with Crippen molar-refractivity contribution in [2.24, 2.45) is 0 Å². The van der Waals surface area contributed by atoms with E-state index in [4.69, 9.17) is 9.47 Å². The molecule has 6 heteroatoms. The first-order valence-corrected chi connectivity index (χ1v) is 6.10. The average molecular weight is 263 g/mol. The Labute approximate surface area is 108 Å². The predicted octanol–water partition coefficient (Wildman–Crippen LogP) is 1.72. The average Bonchev–Trinajstić information content (AvgIpc) is 2.20. The lowest BCUT2D eigenvalue weighted by molar-refractivity contribution is -0.143. The lowest BCUT2D eigenvalue weighted by atomic mass is 10.2. The zero-order valence-corrected chi connectivity index (χ0v) is 11.8. The molecule has 0 spiro atoms. The van der Waals surface area contributed by atoms with Crippen molar-refractivity contribution in [2.45, 2.75) is 32.8 Å². The standard InChI is InChI=1S/C11H21NO4S/c1-11(2,3)16-10(14)12(4)6-5-9(13)15-7-8-17/h17H,5-8H2,1-4H3. The highest BCUT2D eigenvalue weighted by molar-refractivity contribution is 7.80. The van der Waals surface area contributed by atoms with Gasteiger partial charge in [0.25, 0.3) is 0 Å². The topological polar surface area (TPSA) is 55.8 Å². The fourth-order valence-corrected chi connectivity index (χ4v) is 1.01. The van der Waals surface area contributed by atoms with Crippen molar-refractivity contribution in [3.05, 3.63) is 0 Å². The Hall–Kier alpha value is -0.910. The van der Waals surface area contributed by atoms with E-state index in [1.54, 1.807) is 27.8 Å². The summed E-state index contributed by atoms with van der Waals surface area (Å²) in [6.45, 7) is 5.94. The van der Waals surface area contributed by atoms with Crippen LogP contribution in [0.25, 0.3) is 0 Å². The summed E-state index contributed by atoms with van der Waals surface area (Å²) >= 11 is 3.92. The van der Waals surface area contributed by atoms with Crippen LogP contribution in [0.5, 0.6) is 0 Å². The highest BCUT2D eigenvalue weighted by Crippen LogP contribution is 2.09. The molecule has 0 atom stereocenters. The Morgan fingerprint density at radius 3 is 2.35 bits per heavy atom. The summed E-state index contributed by atoms with van der Waals surface area (Å²) in [5.41, 5.74) is -0.530. The summed E-state index contributed by atoms with van der Waals surface area (Å²) < 4.78 is 9.96. The third-order valence-electron chi connectivity index (χ3n) is 1.71. The van der Waals surface area contributed by atoms with E-state index in [-0.39, 0.29) is 25.5 Å². The molecular formula is C11H21NO4S. The first-order chi connectivity index (χ1) is 7.76. The van der Waals surface area contributed by atoms with Gasteiger partial charge in [0.05, 0.1) is 6.42 Å². The number of amides is 1. The zero-order chi connectivity index (χ0) is 13.5. The highest BCUT2D eigenvalue weighted by Gasteiger charge is 2.19. The van der Waals surface area contributed by atoms with Gasteiger partial charge in [-0.15, -0.1) is 0 Å². The second-order valence-electron chi connectivity index (χ2n) is 4.60. The molecule has 0 bridgehead atoms. The summed E-state index contributed by atoms with van der Waals surface area (Å²) in [5, 5.41) is 0. The van der Waals surface area contributed by atoms with Gasteiger partial charge in [0.15, 0.2) is 0 Å². The minimum Gasteiger partial charge on any atom is -0.465 e. The SMILES string of the molecule is CN(CCC(=O)OCCS)C(=O)OC(C)(C)C. The number of carbonyl (C=O) groups excluding carboxylic acids is 2. The fraction of sp³-hybridized carbons (Fsp3) is 0.818. The maximum Gasteiger partial charge on any atom is 0.410 e. The van der Waals surface area contributed by atoms with Crippen molar-refractivity contribution in [1.82, 2.24) is 4.90 Å². The maximum atomic E-state index is 11.5. The van der Waals surface area contributed by atoms with Crippen LogP contribution in [-0.2, 0) is 14.3 Å². The van der Waals surface area contributed by atoms with Crippen molar-refractivity contribution in [3.8, 4) is 0 Å². The molecule has 17 heavy (non-hydrogen) atoms. The van der Waals surface area contributed by atoms with E-state index in [2.05, 4.69) is 12.6 Å². The van der Waals surface area contributed by atoms with Gasteiger partial charge in [-0.05, 0) is 20.8 Å². The normalized spacial score (nSPS) is 10.9. The maximum absolute atomic E-state index is 11.5. The fourth-order valence-electron chi connectivity index (χ4n) is 0.922. The molecule has 0 aliphatic heterocycles. The van der Waals surface area contributed by atoms with E-state index in [0.29, 0.717) is 5.75 Å². The third kappa shape index (κ3) is 8.85. The summed E-state index contributed by atoms with van der Waals surface area (Å²) in [6, 6.07) is 0. The van der Waals surface area contributed by atoms with Gasteiger partial charge in [-0.3, -0.25) is 4.79 Å². The minimum atomic E-state index is -0.530. The van der Waals surface area contributed by atoms with Crippen molar-refractivity contribution < 1.29 is 19.1 Å². The quantitative estimate of drug-likeness (QED) is 0.606. The van der Waals surface area contributed by atoms with Gasteiger partial charge in [0.1, 0.15) is 12.2 Å². The summed E-state index contributed by atoms with van der Waals surface area (Å²) in [7, 11) is 1.58. The molecule has 0 rings (SSSR count). The van der Waals surface area contributed by atoms with Crippen LogP contribution in [0.2, 0.25) is 0 Å². The van der Waals surface area contributed by atoms with Crippen LogP contribution in [-0.4, -0.2) is 48.5 Å². The smallest absolute Gasteiger partial charge is 0.410 e. The lowest BCUT2D eigenvalue weighted by Gasteiger charge is -2.24. The molecule has 0 saturated carbocycles. The minimum absolute atomic E-state index is 0.156. The molecular weight excluding hydrogens is 242 g/mol. The molecule has 1 amide bonds. The van der Waals surface area contributed by atoms with E-state index in [1.165, 1.54) is 4.90 Å². The van der Waals surface area contributed by atoms with Gasteiger partial charge in [-0.25, -0.2) is 4.79 Å². The summed E-state index contributed by atoms with van der Waals surface area (Å²) in [5.74, 6) is 0.155. The molecule has 0 aromatic carbocycles. The Kier molecular flexibility index (Phi) is 7.03. The third-order valence-corrected chi connectivity index (χ3v) is 1.89. The first kappa shape index (κ1) is 16.1. The zero-order valence-electron chi connectivity index (χ0n) is 10.9. The van der Waals surface area contributed by atoms with Crippen molar-refractivity contribution >= 4 is 24.7 Å². The largest absolute Gasteiger partial charge is 0.465 e. The monoisotopic (exact) mass is 263 g/mol. The van der Waals surface area contributed by atoms with Crippen LogP contribution in [0.15, 0.2) is 0 Å². The Bertz CT molecular complexity index is 263. The lowest BCUT2D eigenvalue weighted by Crippen LogP contribution is -2.35. The highest BCUT2D eigenvalue weighted by atomic mass is 32.1. The molecule has 0 N–H and O–H groups in total. The van der Waals surface area contributed by atoms with Crippen molar-refractivity contribution in [1.29, 1.82) is 0 Å². The molecule has 0 heterocycles. The number of carbonyl (C=O) groups is 2. The van der Waals surface area contributed by atoms with E-state index in [0.717, 1.165) is 0 Å². The molecule has 0 radical (unpaired) electrons. The van der Waals surface area contributed by atoms with Gasteiger partial charge in [0.2, 0.25) is 0 Å². The van der Waals surface area contributed by atoms with Crippen molar-refractivity contribution in [2.75, 3.05) is 26.0 Å². The van der Waals surface area contributed by atoms with Crippen LogP contribution >= 0.6 is 12.6 Å². The Morgan fingerprint density at radius 2 is 1.88 bits per heavy atom. The van der Waals surface area contributed by atoms with Crippen LogP contribution in [0, 0.1) is 0 Å². The predicted molar refractivity (Wildman–Crippen MR) is 68.3 cm³/mol. The van der Waals surface area contributed by atoms with E-state index >= 15 is 0 Å². The van der Waals surface area contributed by atoms with Gasteiger partial charge >= 0.3 is 12.1 Å². The molecule has 0 aliphatic rings.